The summed E-state index contributed by atoms with van der Waals surface area (Å²) in [6.45, 7) is 0.912. The molecule has 108 valence electrons. The Morgan fingerprint density at radius 1 is 1.25 bits per heavy atom. The van der Waals surface area contributed by atoms with Crippen LogP contribution < -0.4 is 5.32 Å². The van der Waals surface area contributed by atoms with E-state index in [1.54, 1.807) is 17.8 Å². The van der Waals surface area contributed by atoms with E-state index in [1.807, 2.05) is 0 Å². The molecule has 1 aliphatic carbocycles. The second kappa shape index (κ2) is 6.06. The summed E-state index contributed by atoms with van der Waals surface area (Å²) in [6, 6.07) is 4.66. The van der Waals surface area contributed by atoms with E-state index >= 15 is 0 Å². The molecule has 0 unspecified atom stereocenters. The van der Waals surface area contributed by atoms with Crippen LogP contribution in [0, 0.1) is 11.2 Å². The molecule has 1 aliphatic heterocycles. The first-order chi connectivity index (χ1) is 9.67. The van der Waals surface area contributed by atoms with Gasteiger partial charge in [-0.1, -0.05) is 31.0 Å². The molecule has 2 aliphatic rings. The molecule has 0 radical (unpaired) electrons. The number of rotatable bonds is 1. The minimum Gasteiger partial charge on any atom is -0.334 e. The molecule has 0 bridgehead atoms. The monoisotopic (exact) mass is 356 g/mol. The lowest BCUT2D eigenvalue weighted by Crippen LogP contribution is -2.35. The predicted octanol–water partition coefficient (Wildman–Crippen LogP) is 5.05. The average molecular weight is 357 g/mol. The summed E-state index contributed by atoms with van der Waals surface area (Å²) in [5.41, 5.74) is 1.17. The SMILES string of the molecule is Fc1ccc(Br)c(NC2=NCC3(CCCCC3)CS2)c1. The molecule has 1 aromatic rings. The fourth-order valence-corrected chi connectivity index (χ4v) is 4.45. The van der Waals surface area contributed by atoms with Crippen molar-refractivity contribution in [2.75, 3.05) is 17.6 Å². The average Bonchev–Trinajstić information content (AvgIpc) is 2.47. The van der Waals surface area contributed by atoms with Crippen LogP contribution in [0.4, 0.5) is 10.1 Å². The quantitative estimate of drug-likeness (QED) is 0.760. The van der Waals surface area contributed by atoms with Crippen molar-refractivity contribution < 1.29 is 4.39 Å². The highest BCUT2D eigenvalue weighted by molar-refractivity contribution is 9.10. The van der Waals surface area contributed by atoms with Crippen LogP contribution in [-0.2, 0) is 0 Å². The van der Waals surface area contributed by atoms with Gasteiger partial charge in [0.15, 0.2) is 5.17 Å². The molecule has 0 aromatic heterocycles. The number of aliphatic imine (C=N–C) groups is 1. The standard InChI is InChI=1S/C15H18BrFN2S/c16-12-5-4-11(17)8-13(12)19-14-18-9-15(10-20-14)6-2-1-3-7-15/h4-5,8H,1-3,6-7,9-10H2,(H,18,19). The molecule has 5 heteroatoms. The van der Waals surface area contributed by atoms with Gasteiger partial charge < -0.3 is 5.32 Å². The van der Waals surface area contributed by atoms with Crippen molar-refractivity contribution in [3.8, 4) is 0 Å². The number of hydrogen-bond acceptors (Lipinski definition) is 3. The Kier molecular flexibility index (Phi) is 4.36. The van der Waals surface area contributed by atoms with E-state index in [2.05, 4.69) is 21.2 Å². The Morgan fingerprint density at radius 3 is 2.75 bits per heavy atom. The summed E-state index contributed by atoms with van der Waals surface area (Å²) in [7, 11) is 0. The molecular formula is C15H18BrFN2S. The van der Waals surface area contributed by atoms with E-state index in [1.165, 1.54) is 44.2 Å². The van der Waals surface area contributed by atoms with Crippen LogP contribution in [-0.4, -0.2) is 17.5 Å². The lowest BCUT2D eigenvalue weighted by molar-refractivity contribution is 0.232. The molecule has 0 atom stereocenters. The van der Waals surface area contributed by atoms with Gasteiger partial charge in [-0.15, -0.1) is 0 Å². The van der Waals surface area contributed by atoms with E-state index < -0.39 is 0 Å². The van der Waals surface area contributed by atoms with Gasteiger partial charge in [0.2, 0.25) is 0 Å². The van der Waals surface area contributed by atoms with Gasteiger partial charge in [-0.3, -0.25) is 4.99 Å². The number of amidine groups is 1. The predicted molar refractivity (Wildman–Crippen MR) is 88.0 cm³/mol. The number of nitrogens with zero attached hydrogens (tertiary/aromatic N) is 1. The van der Waals surface area contributed by atoms with Gasteiger partial charge in [0.25, 0.3) is 0 Å². The summed E-state index contributed by atoms with van der Waals surface area (Å²) >= 11 is 5.21. The lowest BCUT2D eigenvalue weighted by Gasteiger charge is -2.38. The second-order valence-corrected chi connectivity index (χ2v) is 7.54. The first-order valence-corrected chi connectivity index (χ1v) is 8.84. The first kappa shape index (κ1) is 14.4. The van der Waals surface area contributed by atoms with Crippen molar-refractivity contribution in [1.82, 2.24) is 0 Å². The molecule has 0 saturated heterocycles. The van der Waals surface area contributed by atoms with Gasteiger partial charge in [0, 0.05) is 16.8 Å². The van der Waals surface area contributed by atoms with Gasteiger partial charge in [0.1, 0.15) is 5.82 Å². The summed E-state index contributed by atoms with van der Waals surface area (Å²) in [5, 5.41) is 4.15. The van der Waals surface area contributed by atoms with E-state index in [-0.39, 0.29) is 5.82 Å². The number of anilines is 1. The van der Waals surface area contributed by atoms with Crippen LogP contribution >= 0.6 is 27.7 Å². The number of benzene rings is 1. The maximum absolute atomic E-state index is 13.3. The van der Waals surface area contributed by atoms with Crippen LogP contribution in [0.5, 0.6) is 0 Å². The zero-order valence-corrected chi connectivity index (χ0v) is 13.7. The largest absolute Gasteiger partial charge is 0.334 e. The summed E-state index contributed by atoms with van der Waals surface area (Å²) in [4.78, 5) is 4.70. The van der Waals surface area contributed by atoms with Crippen LogP contribution in [0.3, 0.4) is 0 Å². The maximum atomic E-state index is 13.3. The Morgan fingerprint density at radius 2 is 2.05 bits per heavy atom. The van der Waals surface area contributed by atoms with Gasteiger partial charge in [-0.05, 0) is 52.4 Å². The summed E-state index contributed by atoms with van der Waals surface area (Å²) < 4.78 is 14.1. The molecule has 1 spiro atoms. The minimum atomic E-state index is -0.235. The Bertz CT molecular complexity index is 527. The van der Waals surface area contributed by atoms with Crippen LogP contribution in [0.25, 0.3) is 0 Å². The first-order valence-electron chi connectivity index (χ1n) is 7.06. The number of hydrogen-bond donors (Lipinski definition) is 1. The number of nitrogens with one attached hydrogen (secondary N) is 1. The molecule has 1 fully saturated rings. The maximum Gasteiger partial charge on any atom is 0.161 e. The second-order valence-electron chi connectivity index (χ2n) is 5.72. The highest BCUT2D eigenvalue weighted by Gasteiger charge is 2.34. The third-order valence-corrected chi connectivity index (χ3v) is 6.11. The molecule has 1 N–H and O–H groups in total. The summed E-state index contributed by atoms with van der Waals surface area (Å²) in [5.74, 6) is 0.895. The van der Waals surface area contributed by atoms with Crippen molar-refractivity contribution in [2.45, 2.75) is 32.1 Å². The normalized spacial score (nSPS) is 21.6. The highest BCUT2D eigenvalue weighted by Crippen LogP contribution is 2.42. The van der Waals surface area contributed by atoms with E-state index in [0.717, 1.165) is 27.6 Å². The molecular weight excluding hydrogens is 339 g/mol. The molecule has 1 saturated carbocycles. The fraction of sp³-hybridized carbons (Fsp3) is 0.533. The Labute approximate surface area is 131 Å². The Hall–Kier alpha value is -0.550. The molecule has 1 heterocycles. The van der Waals surface area contributed by atoms with E-state index in [0.29, 0.717) is 5.41 Å². The van der Waals surface area contributed by atoms with Crippen molar-refractivity contribution in [1.29, 1.82) is 0 Å². The van der Waals surface area contributed by atoms with Crippen molar-refractivity contribution in [3.05, 3.63) is 28.5 Å². The van der Waals surface area contributed by atoms with E-state index in [9.17, 15) is 4.39 Å². The van der Waals surface area contributed by atoms with Crippen molar-refractivity contribution >= 4 is 38.5 Å². The van der Waals surface area contributed by atoms with Crippen LogP contribution in [0.15, 0.2) is 27.7 Å². The van der Waals surface area contributed by atoms with E-state index in [4.69, 9.17) is 4.99 Å². The molecule has 20 heavy (non-hydrogen) atoms. The van der Waals surface area contributed by atoms with Gasteiger partial charge in [-0.25, -0.2) is 4.39 Å². The van der Waals surface area contributed by atoms with Gasteiger partial charge in [0.05, 0.1) is 5.69 Å². The van der Waals surface area contributed by atoms with Gasteiger partial charge >= 0.3 is 0 Å². The summed E-state index contributed by atoms with van der Waals surface area (Å²) in [6.07, 6.45) is 6.67. The number of thioether (sulfide) groups is 1. The number of halogens is 2. The molecule has 3 rings (SSSR count). The van der Waals surface area contributed by atoms with Crippen molar-refractivity contribution in [3.63, 3.8) is 0 Å². The zero-order valence-electron chi connectivity index (χ0n) is 11.3. The Balaban J connectivity index is 1.69. The third kappa shape index (κ3) is 3.19. The molecule has 1 aromatic carbocycles. The molecule has 0 amide bonds. The lowest BCUT2D eigenvalue weighted by atomic mass is 9.75. The van der Waals surface area contributed by atoms with Crippen LogP contribution in [0.2, 0.25) is 0 Å². The zero-order chi connectivity index (χ0) is 14.0. The smallest absolute Gasteiger partial charge is 0.161 e. The molecule has 2 nitrogen and oxygen atoms in total. The van der Waals surface area contributed by atoms with Gasteiger partial charge in [-0.2, -0.15) is 0 Å². The topological polar surface area (TPSA) is 24.4 Å². The van der Waals surface area contributed by atoms with Crippen molar-refractivity contribution in [2.24, 2.45) is 10.4 Å². The third-order valence-electron chi connectivity index (χ3n) is 4.16. The van der Waals surface area contributed by atoms with Crippen LogP contribution in [0.1, 0.15) is 32.1 Å². The fourth-order valence-electron chi connectivity index (χ4n) is 2.94. The highest BCUT2D eigenvalue weighted by atomic mass is 79.9. The minimum absolute atomic E-state index is 0.235.